The number of hydrogen-bond acceptors (Lipinski definition) is 3. The first-order valence-corrected chi connectivity index (χ1v) is 6.05. The van der Waals surface area contributed by atoms with Crippen molar-refractivity contribution < 1.29 is 9.59 Å². The number of hydrogen-bond donors (Lipinski definition) is 3. The molecule has 2 aromatic rings. The van der Waals surface area contributed by atoms with E-state index in [0.717, 1.165) is 5.56 Å². The first kappa shape index (κ1) is 13.7. The fourth-order valence-corrected chi connectivity index (χ4v) is 1.86. The third-order valence-corrected chi connectivity index (χ3v) is 2.94. The third kappa shape index (κ3) is 2.97. The van der Waals surface area contributed by atoms with Gasteiger partial charge in [-0.2, -0.15) is 0 Å². The van der Waals surface area contributed by atoms with Gasteiger partial charge in [-0.3, -0.25) is 9.59 Å². The van der Waals surface area contributed by atoms with Crippen LogP contribution < -0.4 is 11.5 Å². The van der Waals surface area contributed by atoms with Crippen LogP contribution in [0.1, 0.15) is 26.4 Å². The van der Waals surface area contributed by atoms with Crippen LogP contribution in [0.4, 0.5) is 5.69 Å². The van der Waals surface area contributed by atoms with Crippen LogP contribution in [0.2, 0.25) is 0 Å². The molecular formula is C14H16N4O2. The number of benzene rings is 1. The van der Waals surface area contributed by atoms with E-state index in [1.165, 1.54) is 0 Å². The van der Waals surface area contributed by atoms with Gasteiger partial charge in [-0.05, 0) is 23.8 Å². The van der Waals surface area contributed by atoms with Gasteiger partial charge in [0.15, 0.2) is 0 Å². The van der Waals surface area contributed by atoms with Gasteiger partial charge in [-0.25, -0.2) is 0 Å². The van der Waals surface area contributed by atoms with Gasteiger partial charge in [0.25, 0.3) is 5.91 Å². The van der Waals surface area contributed by atoms with Gasteiger partial charge in [0, 0.05) is 31.0 Å². The molecule has 2 rings (SSSR count). The van der Waals surface area contributed by atoms with E-state index in [1.807, 2.05) is 0 Å². The second kappa shape index (κ2) is 5.48. The van der Waals surface area contributed by atoms with E-state index >= 15 is 0 Å². The lowest BCUT2D eigenvalue weighted by Gasteiger charge is -2.16. The lowest BCUT2D eigenvalue weighted by atomic mass is 10.1. The van der Waals surface area contributed by atoms with Crippen LogP contribution in [0.25, 0.3) is 0 Å². The average molecular weight is 272 g/mol. The Labute approximate surface area is 116 Å². The number of aromatic amines is 1. The number of nitrogen functional groups attached to an aromatic ring is 1. The van der Waals surface area contributed by atoms with Crippen molar-refractivity contribution in [2.45, 2.75) is 6.54 Å². The molecule has 0 saturated heterocycles. The van der Waals surface area contributed by atoms with Crippen LogP contribution in [-0.4, -0.2) is 28.7 Å². The summed E-state index contributed by atoms with van der Waals surface area (Å²) in [5, 5.41) is 0. The summed E-state index contributed by atoms with van der Waals surface area (Å²) < 4.78 is 0. The van der Waals surface area contributed by atoms with Crippen LogP contribution in [0.15, 0.2) is 36.5 Å². The molecule has 1 aromatic heterocycles. The second-order valence-corrected chi connectivity index (χ2v) is 4.57. The Morgan fingerprint density at radius 1 is 1.25 bits per heavy atom. The Morgan fingerprint density at radius 3 is 2.40 bits per heavy atom. The molecule has 1 aromatic carbocycles. The monoisotopic (exact) mass is 272 g/mol. The molecule has 0 fully saturated rings. The van der Waals surface area contributed by atoms with Crippen LogP contribution in [-0.2, 0) is 6.54 Å². The summed E-state index contributed by atoms with van der Waals surface area (Å²) in [6.07, 6.45) is 1.57. The summed E-state index contributed by atoms with van der Waals surface area (Å²) in [6, 6.07) is 8.42. The minimum atomic E-state index is -0.470. The number of nitrogens with zero attached hydrogens (tertiary/aromatic N) is 1. The maximum absolute atomic E-state index is 12.1. The van der Waals surface area contributed by atoms with E-state index < -0.39 is 5.91 Å². The smallest absolute Gasteiger partial charge is 0.270 e. The third-order valence-electron chi connectivity index (χ3n) is 2.94. The van der Waals surface area contributed by atoms with Crippen molar-refractivity contribution in [3.63, 3.8) is 0 Å². The Morgan fingerprint density at radius 2 is 1.90 bits per heavy atom. The molecule has 0 aliphatic rings. The molecule has 5 N–H and O–H groups in total. The summed E-state index contributed by atoms with van der Waals surface area (Å²) in [4.78, 5) is 27.5. The number of nitrogens with one attached hydrogen (secondary N) is 1. The molecule has 104 valence electrons. The number of nitrogens with two attached hydrogens (primary N) is 2. The normalized spacial score (nSPS) is 10.2. The van der Waals surface area contributed by atoms with Crippen molar-refractivity contribution in [1.29, 1.82) is 0 Å². The zero-order valence-corrected chi connectivity index (χ0v) is 11.1. The summed E-state index contributed by atoms with van der Waals surface area (Å²) in [7, 11) is 1.70. The van der Waals surface area contributed by atoms with E-state index in [0.29, 0.717) is 23.5 Å². The molecule has 6 nitrogen and oxygen atoms in total. The van der Waals surface area contributed by atoms with Gasteiger partial charge in [0.05, 0.1) is 0 Å². The summed E-state index contributed by atoms with van der Waals surface area (Å²) in [5.74, 6) is -0.622. The van der Waals surface area contributed by atoms with Crippen LogP contribution in [0.5, 0.6) is 0 Å². The second-order valence-electron chi connectivity index (χ2n) is 4.57. The van der Waals surface area contributed by atoms with Crippen molar-refractivity contribution in [2.75, 3.05) is 12.8 Å². The fourth-order valence-electron chi connectivity index (χ4n) is 1.86. The van der Waals surface area contributed by atoms with E-state index in [2.05, 4.69) is 4.98 Å². The van der Waals surface area contributed by atoms with Crippen LogP contribution >= 0.6 is 0 Å². The predicted molar refractivity (Wildman–Crippen MR) is 76.0 cm³/mol. The number of aromatic nitrogens is 1. The number of carbonyl (C=O) groups excluding carboxylic acids is 2. The number of rotatable bonds is 4. The molecule has 0 unspecified atom stereocenters. The van der Waals surface area contributed by atoms with E-state index in [-0.39, 0.29) is 5.91 Å². The van der Waals surface area contributed by atoms with Crippen LogP contribution in [0, 0.1) is 0 Å². The molecule has 0 aliphatic carbocycles. The molecule has 1 heterocycles. The highest BCUT2D eigenvalue weighted by Gasteiger charge is 2.13. The van der Waals surface area contributed by atoms with E-state index in [4.69, 9.17) is 11.5 Å². The van der Waals surface area contributed by atoms with Gasteiger partial charge in [-0.15, -0.1) is 0 Å². The van der Waals surface area contributed by atoms with Crippen molar-refractivity contribution >= 4 is 17.5 Å². The number of amides is 2. The fraction of sp³-hybridized carbons (Fsp3) is 0.143. The van der Waals surface area contributed by atoms with Crippen molar-refractivity contribution in [1.82, 2.24) is 9.88 Å². The zero-order valence-electron chi connectivity index (χ0n) is 11.1. The first-order chi connectivity index (χ1) is 9.47. The quantitative estimate of drug-likeness (QED) is 0.772. The number of primary amides is 1. The van der Waals surface area contributed by atoms with Gasteiger partial charge in [-0.1, -0.05) is 12.1 Å². The highest BCUT2D eigenvalue weighted by Crippen LogP contribution is 2.11. The molecule has 2 amide bonds. The van der Waals surface area contributed by atoms with Crippen molar-refractivity contribution in [2.24, 2.45) is 5.73 Å². The molecule has 0 bridgehead atoms. The highest BCUT2D eigenvalue weighted by molar-refractivity contribution is 5.93. The largest absolute Gasteiger partial charge is 0.397 e. The molecule has 0 saturated carbocycles. The lowest BCUT2D eigenvalue weighted by molar-refractivity contribution is 0.0779. The molecule has 0 spiro atoms. The Bertz CT molecular complexity index is 631. The Kier molecular flexibility index (Phi) is 3.74. The van der Waals surface area contributed by atoms with Gasteiger partial charge < -0.3 is 21.4 Å². The van der Waals surface area contributed by atoms with Crippen molar-refractivity contribution in [3.8, 4) is 0 Å². The van der Waals surface area contributed by atoms with E-state index in [9.17, 15) is 9.59 Å². The first-order valence-electron chi connectivity index (χ1n) is 6.05. The minimum absolute atomic E-state index is 0.152. The van der Waals surface area contributed by atoms with Gasteiger partial charge in [0.2, 0.25) is 5.91 Å². The van der Waals surface area contributed by atoms with Crippen molar-refractivity contribution in [3.05, 3.63) is 53.3 Å². The average Bonchev–Trinajstić information content (AvgIpc) is 2.85. The standard InChI is InChI=1S/C14H16N4O2/c1-18(14(20)12-6-11(15)7-17-12)8-9-2-4-10(5-3-9)13(16)19/h2-7,17H,8,15H2,1H3,(H2,16,19). The molecule has 20 heavy (non-hydrogen) atoms. The molecule has 0 atom stereocenters. The summed E-state index contributed by atoms with van der Waals surface area (Å²) >= 11 is 0. The molecule has 6 heteroatoms. The summed E-state index contributed by atoms with van der Waals surface area (Å²) in [6.45, 7) is 0.427. The Balaban J connectivity index is 2.05. The molecule has 0 aliphatic heterocycles. The van der Waals surface area contributed by atoms with Gasteiger partial charge in [0.1, 0.15) is 5.69 Å². The van der Waals surface area contributed by atoms with Gasteiger partial charge >= 0.3 is 0 Å². The van der Waals surface area contributed by atoms with E-state index in [1.54, 1.807) is 48.5 Å². The molecule has 0 radical (unpaired) electrons. The zero-order chi connectivity index (χ0) is 14.7. The summed E-state index contributed by atoms with van der Waals surface area (Å²) in [5.41, 5.74) is 13.1. The minimum Gasteiger partial charge on any atom is -0.397 e. The Hall–Kier alpha value is -2.76. The maximum atomic E-state index is 12.1. The molecular weight excluding hydrogens is 256 g/mol. The highest BCUT2D eigenvalue weighted by atomic mass is 16.2. The number of carbonyl (C=O) groups is 2. The maximum Gasteiger partial charge on any atom is 0.270 e. The van der Waals surface area contributed by atoms with Crippen LogP contribution in [0.3, 0.4) is 0 Å². The lowest BCUT2D eigenvalue weighted by Crippen LogP contribution is -2.26. The number of anilines is 1. The SMILES string of the molecule is CN(Cc1ccc(C(N)=O)cc1)C(=O)c1cc(N)c[nH]1. The topological polar surface area (TPSA) is 105 Å². The predicted octanol–water partition coefficient (Wildman–Crippen LogP) is 0.968. The number of H-pyrrole nitrogens is 1.